The van der Waals surface area contributed by atoms with Gasteiger partial charge in [-0.15, -0.1) is 11.3 Å². The van der Waals surface area contributed by atoms with E-state index in [1.807, 2.05) is 60.7 Å². The number of hydrogen-bond acceptors (Lipinski definition) is 5. The summed E-state index contributed by atoms with van der Waals surface area (Å²) in [6, 6.07) is 63.6. The predicted molar refractivity (Wildman–Crippen MR) is 236 cm³/mol. The van der Waals surface area contributed by atoms with Crippen LogP contribution in [0.3, 0.4) is 0 Å². The molecule has 0 saturated carbocycles. The van der Waals surface area contributed by atoms with Gasteiger partial charge in [-0.3, -0.25) is 0 Å². The van der Waals surface area contributed by atoms with Crippen molar-refractivity contribution in [3.8, 4) is 51.0 Å². The van der Waals surface area contributed by atoms with E-state index in [4.69, 9.17) is 19.4 Å². The van der Waals surface area contributed by atoms with Gasteiger partial charge in [0.05, 0.1) is 11.0 Å². The van der Waals surface area contributed by atoms with Gasteiger partial charge in [-0.1, -0.05) is 146 Å². The Bertz CT molecular complexity index is 3420. The normalized spacial score (nSPS) is 11.9. The molecule has 6 heteroatoms. The van der Waals surface area contributed by atoms with Crippen LogP contribution in [0.4, 0.5) is 0 Å². The third-order valence-corrected chi connectivity index (χ3v) is 12.3. The first-order valence-electron chi connectivity index (χ1n) is 19.0. The van der Waals surface area contributed by atoms with Crippen molar-refractivity contribution < 1.29 is 4.42 Å². The van der Waals surface area contributed by atoms with E-state index in [0.717, 1.165) is 66.2 Å². The first-order valence-corrected chi connectivity index (χ1v) is 19.8. The van der Waals surface area contributed by atoms with Gasteiger partial charge >= 0.3 is 0 Å². The Morgan fingerprint density at radius 1 is 0.421 bits per heavy atom. The molecule has 0 bridgehead atoms. The zero-order valence-electron chi connectivity index (χ0n) is 30.4. The molecule has 8 aromatic carbocycles. The molecule has 0 N–H and O–H groups in total. The number of aromatic nitrogens is 4. The molecule has 12 aromatic rings. The summed E-state index contributed by atoms with van der Waals surface area (Å²) < 4.78 is 11.6. The molecule has 12 rings (SSSR count). The van der Waals surface area contributed by atoms with E-state index < -0.39 is 0 Å². The fourth-order valence-corrected chi connectivity index (χ4v) is 9.77. The summed E-state index contributed by atoms with van der Waals surface area (Å²) in [5.41, 5.74) is 10.3. The maximum atomic E-state index is 6.89. The highest BCUT2D eigenvalue weighted by molar-refractivity contribution is 7.26. The Kier molecular flexibility index (Phi) is 7.03. The zero-order valence-corrected chi connectivity index (χ0v) is 31.2. The minimum Gasteiger partial charge on any atom is -0.455 e. The van der Waals surface area contributed by atoms with Gasteiger partial charge in [0.25, 0.3) is 0 Å². The molecule has 4 aromatic heterocycles. The van der Waals surface area contributed by atoms with Crippen molar-refractivity contribution in [3.05, 3.63) is 182 Å². The van der Waals surface area contributed by atoms with Crippen LogP contribution in [-0.4, -0.2) is 19.5 Å². The largest absolute Gasteiger partial charge is 0.455 e. The van der Waals surface area contributed by atoms with E-state index >= 15 is 0 Å². The first-order chi connectivity index (χ1) is 28.3. The maximum absolute atomic E-state index is 6.89. The lowest BCUT2D eigenvalue weighted by Crippen LogP contribution is -2.00. The summed E-state index contributed by atoms with van der Waals surface area (Å²) in [5.74, 6) is 1.95. The van der Waals surface area contributed by atoms with Crippen molar-refractivity contribution >= 4 is 75.3 Å². The van der Waals surface area contributed by atoms with Crippen LogP contribution in [0.5, 0.6) is 0 Å². The minimum absolute atomic E-state index is 0.648. The minimum atomic E-state index is 0.648. The second kappa shape index (κ2) is 12.6. The van der Waals surface area contributed by atoms with E-state index in [1.54, 1.807) is 11.3 Å². The Labute approximate surface area is 330 Å². The summed E-state index contributed by atoms with van der Waals surface area (Å²) in [5, 5.41) is 6.97. The average molecular weight is 747 g/mol. The molecule has 0 radical (unpaired) electrons. The monoisotopic (exact) mass is 746 g/mol. The molecule has 57 heavy (non-hydrogen) atoms. The molecule has 0 aliphatic rings. The standard InChI is InChI=1S/C51H30N4OS/c1-3-14-31(15-4-1)49-52-50(32-16-5-2-6-17-32)54-51(53-49)41-24-13-27-45-46(41)40-23-12-22-39(48(40)57-45)38-21-11-20-37-36-29-28-33(30-44(36)56-47(37)38)55-42-25-9-7-18-34(42)35-19-8-10-26-43(35)55/h1-30H. The number of furan rings is 1. The zero-order chi connectivity index (χ0) is 37.5. The lowest BCUT2D eigenvalue weighted by Gasteiger charge is -2.09. The van der Waals surface area contributed by atoms with E-state index in [1.165, 1.54) is 31.2 Å². The highest BCUT2D eigenvalue weighted by Gasteiger charge is 2.21. The predicted octanol–water partition coefficient (Wildman–Crippen LogP) is 13.9. The van der Waals surface area contributed by atoms with Crippen molar-refractivity contribution in [2.75, 3.05) is 0 Å². The quantitative estimate of drug-likeness (QED) is 0.176. The summed E-state index contributed by atoms with van der Waals surface area (Å²) >= 11 is 1.80. The number of rotatable bonds is 5. The third kappa shape index (κ3) is 4.98. The van der Waals surface area contributed by atoms with E-state index in [-0.39, 0.29) is 0 Å². The van der Waals surface area contributed by atoms with Gasteiger partial charge in [-0.2, -0.15) is 0 Å². The fourth-order valence-electron chi connectivity index (χ4n) is 8.51. The van der Waals surface area contributed by atoms with Crippen LogP contribution < -0.4 is 0 Å². The summed E-state index contributed by atoms with van der Waals surface area (Å²) in [4.78, 5) is 15.2. The van der Waals surface area contributed by atoms with E-state index in [2.05, 4.69) is 126 Å². The first kappa shape index (κ1) is 31.9. The van der Waals surface area contributed by atoms with Crippen LogP contribution in [0.25, 0.3) is 115 Å². The van der Waals surface area contributed by atoms with Crippen molar-refractivity contribution in [1.82, 2.24) is 19.5 Å². The maximum Gasteiger partial charge on any atom is 0.164 e. The molecular weight excluding hydrogens is 717 g/mol. The molecule has 0 fully saturated rings. The Balaban J connectivity index is 1.04. The van der Waals surface area contributed by atoms with Crippen molar-refractivity contribution in [3.63, 3.8) is 0 Å². The topological polar surface area (TPSA) is 56.7 Å². The molecule has 0 atom stereocenters. The molecule has 0 spiro atoms. The Hall–Kier alpha value is -7.41. The van der Waals surface area contributed by atoms with E-state index in [9.17, 15) is 0 Å². The highest BCUT2D eigenvalue weighted by Crippen LogP contribution is 2.46. The van der Waals surface area contributed by atoms with Crippen LogP contribution in [-0.2, 0) is 0 Å². The van der Waals surface area contributed by atoms with Gasteiger partial charge < -0.3 is 8.98 Å². The molecule has 0 aliphatic carbocycles. The van der Waals surface area contributed by atoms with Crippen molar-refractivity contribution in [2.45, 2.75) is 0 Å². The Morgan fingerprint density at radius 3 is 1.68 bits per heavy atom. The van der Waals surface area contributed by atoms with Gasteiger partial charge in [0.1, 0.15) is 11.2 Å². The molecule has 0 aliphatic heterocycles. The molecule has 0 unspecified atom stereocenters. The average Bonchev–Trinajstić information content (AvgIpc) is 3.96. The number of thiophene rings is 1. The van der Waals surface area contributed by atoms with Crippen LogP contribution in [0, 0.1) is 0 Å². The van der Waals surface area contributed by atoms with E-state index in [0.29, 0.717) is 17.5 Å². The number of para-hydroxylation sites is 3. The molecule has 5 nitrogen and oxygen atoms in total. The lowest BCUT2D eigenvalue weighted by molar-refractivity contribution is 0.670. The van der Waals surface area contributed by atoms with Crippen LogP contribution in [0.2, 0.25) is 0 Å². The van der Waals surface area contributed by atoms with Crippen LogP contribution >= 0.6 is 11.3 Å². The molecule has 266 valence electrons. The molecule has 4 heterocycles. The smallest absolute Gasteiger partial charge is 0.164 e. The van der Waals surface area contributed by atoms with Crippen LogP contribution in [0.15, 0.2) is 186 Å². The van der Waals surface area contributed by atoms with Crippen LogP contribution in [0.1, 0.15) is 0 Å². The van der Waals surface area contributed by atoms with Gasteiger partial charge in [-0.05, 0) is 30.3 Å². The van der Waals surface area contributed by atoms with Gasteiger partial charge in [0.15, 0.2) is 17.5 Å². The SMILES string of the molecule is c1ccc(-c2nc(-c3ccccc3)nc(-c3cccc4sc5c(-c6cccc7c6oc6cc(-n8c9ccccc9c9ccccc98)ccc67)cccc5c34)n2)cc1. The highest BCUT2D eigenvalue weighted by atomic mass is 32.1. The third-order valence-electron chi connectivity index (χ3n) is 11.1. The summed E-state index contributed by atoms with van der Waals surface area (Å²) in [6.07, 6.45) is 0. The second-order valence-corrected chi connectivity index (χ2v) is 15.4. The summed E-state index contributed by atoms with van der Waals surface area (Å²) in [6.45, 7) is 0. The summed E-state index contributed by atoms with van der Waals surface area (Å²) in [7, 11) is 0. The molecular formula is C51H30N4OS. The number of nitrogens with zero attached hydrogens (tertiary/aromatic N) is 4. The van der Waals surface area contributed by atoms with Crippen molar-refractivity contribution in [1.29, 1.82) is 0 Å². The fraction of sp³-hybridized carbons (Fsp3) is 0. The van der Waals surface area contributed by atoms with Crippen molar-refractivity contribution in [2.24, 2.45) is 0 Å². The number of benzene rings is 8. The van der Waals surface area contributed by atoms with Gasteiger partial charge in [0.2, 0.25) is 0 Å². The lowest BCUT2D eigenvalue weighted by atomic mass is 9.99. The van der Waals surface area contributed by atoms with Gasteiger partial charge in [0, 0.05) is 81.3 Å². The second-order valence-electron chi connectivity index (χ2n) is 14.3. The number of hydrogen-bond donors (Lipinski definition) is 0. The Morgan fingerprint density at radius 2 is 0.982 bits per heavy atom. The molecule has 0 amide bonds. The van der Waals surface area contributed by atoms with Gasteiger partial charge in [-0.25, -0.2) is 15.0 Å². The molecule has 0 saturated heterocycles. The number of fused-ring (bicyclic) bond motifs is 9.